The minimum atomic E-state index is -0.473. The molecule has 178 valence electrons. The Bertz CT molecular complexity index is 1130. The zero-order valence-corrected chi connectivity index (χ0v) is 23.3. The smallest absolute Gasteiger partial charge is 0.294 e. The zero-order valence-electron chi connectivity index (χ0n) is 17.8. The first-order valence-electron chi connectivity index (χ1n) is 10.3. The van der Waals surface area contributed by atoms with Crippen LogP contribution in [0.1, 0.15) is 11.1 Å². The Hall–Kier alpha value is -1.66. The van der Waals surface area contributed by atoms with Gasteiger partial charge in [0, 0.05) is 17.6 Å². The SMILES string of the molecule is O=C(CN1C(=O)S/C(=C/c2cc(Br)c(OCc3ccc(Br)cc3)c(Br)c2)C1=O)N1CCOCC1. The van der Waals surface area contributed by atoms with Crippen LogP contribution >= 0.6 is 59.6 Å². The van der Waals surface area contributed by atoms with E-state index in [1.807, 2.05) is 36.4 Å². The molecule has 0 radical (unpaired) electrons. The first-order valence-corrected chi connectivity index (χ1v) is 13.5. The van der Waals surface area contributed by atoms with Gasteiger partial charge in [0.15, 0.2) is 0 Å². The third-order valence-electron chi connectivity index (χ3n) is 5.15. The van der Waals surface area contributed by atoms with Gasteiger partial charge in [-0.15, -0.1) is 0 Å². The van der Waals surface area contributed by atoms with Gasteiger partial charge in [0.05, 0.1) is 27.1 Å². The highest BCUT2D eigenvalue weighted by molar-refractivity contribution is 9.11. The average molecular weight is 675 g/mol. The molecule has 2 saturated heterocycles. The van der Waals surface area contributed by atoms with Crippen LogP contribution in [0.2, 0.25) is 0 Å². The van der Waals surface area contributed by atoms with Crippen molar-refractivity contribution in [3.05, 3.63) is 65.8 Å². The van der Waals surface area contributed by atoms with E-state index in [-0.39, 0.29) is 17.4 Å². The van der Waals surface area contributed by atoms with Crippen LogP contribution in [-0.2, 0) is 20.9 Å². The topological polar surface area (TPSA) is 76.2 Å². The lowest BCUT2D eigenvalue weighted by Crippen LogP contribution is -2.46. The van der Waals surface area contributed by atoms with Crippen molar-refractivity contribution in [3.63, 3.8) is 0 Å². The number of carbonyl (C=O) groups excluding carboxylic acids is 3. The predicted molar refractivity (Wildman–Crippen MR) is 140 cm³/mol. The molecule has 2 heterocycles. The molecule has 0 N–H and O–H groups in total. The van der Waals surface area contributed by atoms with Crippen LogP contribution in [-0.4, -0.2) is 59.7 Å². The van der Waals surface area contributed by atoms with Crippen molar-refractivity contribution in [2.24, 2.45) is 0 Å². The number of thioether (sulfide) groups is 1. The number of benzene rings is 2. The Morgan fingerprint density at radius 3 is 2.35 bits per heavy atom. The van der Waals surface area contributed by atoms with Crippen molar-refractivity contribution in [3.8, 4) is 5.75 Å². The monoisotopic (exact) mass is 672 g/mol. The largest absolute Gasteiger partial charge is 0.487 e. The second-order valence-corrected chi connectivity index (χ2v) is 11.1. The number of rotatable bonds is 6. The van der Waals surface area contributed by atoms with E-state index in [2.05, 4.69) is 47.8 Å². The second-order valence-electron chi connectivity index (χ2n) is 7.49. The lowest BCUT2D eigenvalue weighted by molar-refractivity contribution is -0.139. The third-order valence-corrected chi connectivity index (χ3v) is 7.76. The van der Waals surface area contributed by atoms with E-state index in [0.29, 0.717) is 53.2 Å². The summed E-state index contributed by atoms with van der Waals surface area (Å²) in [5.74, 6) is -0.103. The third kappa shape index (κ3) is 6.12. The average Bonchev–Trinajstić information content (AvgIpc) is 3.07. The van der Waals surface area contributed by atoms with Gasteiger partial charge in [0.25, 0.3) is 11.1 Å². The molecule has 2 aromatic carbocycles. The van der Waals surface area contributed by atoms with E-state index in [1.54, 1.807) is 11.0 Å². The molecular weight excluding hydrogens is 656 g/mol. The van der Waals surface area contributed by atoms with Gasteiger partial charge in [-0.2, -0.15) is 0 Å². The van der Waals surface area contributed by atoms with Crippen LogP contribution < -0.4 is 4.74 Å². The van der Waals surface area contributed by atoms with E-state index in [1.165, 1.54) is 0 Å². The molecule has 2 fully saturated rings. The summed E-state index contributed by atoms with van der Waals surface area (Å²) in [6.07, 6.45) is 1.64. The maximum Gasteiger partial charge on any atom is 0.294 e. The molecule has 0 aliphatic carbocycles. The standard InChI is InChI=1S/C23H19Br3N2O5S/c24-16-3-1-14(2-4-16)13-33-21-17(25)9-15(10-18(21)26)11-19-22(30)28(23(31)34-19)12-20(29)27-5-7-32-8-6-27/h1-4,9-11H,5-8,12-13H2/b19-11+. The summed E-state index contributed by atoms with van der Waals surface area (Å²) in [4.78, 5) is 40.6. The summed E-state index contributed by atoms with van der Waals surface area (Å²) in [6.45, 7) is 1.96. The van der Waals surface area contributed by atoms with Crippen molar-refractivity contribution in [2.75, 3.05) is 32.8 Å². The minimum Gasteiger partial charge on any atom is -0.487 e. The molecular formula is C23H19Br3N2O5S. The van der Waals surface area contributed by atoms with Crippen LogP contribution in [0.25, 0.3) is 6.08 Å². The highest BCUT2D eigenvalue weighted by Gasteiger charge is 2.37. The number of morpholine rings is 1. The number of carbonyl (C=O) groups is 3. The Morgan fingerprint density at radius 1 is 1.06 bits per heavy atom. The van der Waals surface area contributed by atoms with E-state index in [9.17, 15) is 14.4 Å². The van der Waals surface area contributed by atoms with Crippen LogP contribution in [0.3, 0.4) is 0 Å². The molecule has 0 atom stereocenters. The highest BCUT2D eigenvalue weighted by Crippen LogP contribution is 2.38. The second kappa shape index (κ2) is 11.4. The van der Waals surface area contributed by atoms with Crippen molar-refractivity contribution in [1.82, 2.24) is 9.80 Å². The molecule has 0 aromatic heterocycles. The van der Waals surface area contributed by atoms with Crippen LogP contribution in [0.4, 0.5) is 4.79 Å². The Morgan fingerprint density at radius 2 is 1.71 bits per heavy atom. The fraction of sp³-hybridized carbons (Fsp3) is 0.261. The summed E-state index contributed by atoms with van der Waals surface area (Å²) in [5, 5.41) is -0.453. The molecule has 0 saturated carbocycles. The molecule has 2 aliphatic rings. The van der Waals surface area contributed by atoms with Crippen LogP contribution in [0.5, 0.6) is 5.75 Å². The van der Waals surface area contributed by atoms with Gasteiger partial charge >= 0.3 is 0 Å². The number of hydrogen-bond donors (Lipinski definition) is 0. The lowest BCUT2D eigenvalue weighted by atomic mass is 10.2. The summed E-state index contributed by atoms with van der Waals surface area (Å²) in [6, 6.07) is 11.5. The Labute approximate surface area is 226 Å². The number of nitrogens with zero attached hydrogens (tertiary/aromatic N) is 2. The molecule has 0 bridgehead atoms. The fourth-order valence-corrected chi connectivity index (χ4v) is 5.93. The molecule has 4 rings (SSSR count). The molecule has 34 heavy (non-hydrogen) atoms. The summed E-state index contributed by atoms with van der Waals surface area (Å²) in [5.41, 5.74) is 1.73. The van der Waals surface area contributed by atoms with Crippen LogP contribution in [0.15, 0.2) is 54.7 Å². The van der Waals surface area contributed by atoms with Crippen molar-refractivity contribution in [2.45, 2.75) is 6.61 Å². The first-order chi connectivity index (χ1) is 16.3. The van der Waals surface area contributed by atoms with Crippen molar-refractivity contribution >= 4 is 82.7 Å². The van der Waals surface area contributed by atoms with Crippen molar-refractivity contribution < 1.29 is 23.9 Å². The molecule has 2 aromatic rings. The molecule has 0 spiro atoms. The van der Waals surface area contributed by atoms with Crippen molar-refractivity contribution in [1.29, 1.82) is 0 Å². The Kier molecular flexibility index (Phi) is 8.52. The zero-order chi connectivity index (χ0) is 24.2. The van der Waals surface area contributed by atoms with E-state index >= 15 is 0 Å². The summed E-state index contributed by atoms with van der Waals surface area (Å²) in [7, 11) is 0. The maximum atomic E-state index is 12.8. The Balaban J connectivity index is 1.44. The molecule has 2 aliphatic heterocycles. The van der Waals surface area contributed by atoms with E-state index < -0.39 is 11.1 Å². The number of amides is 3. The molecule has 3 amide bonds. The van der Waals surface area contributed by atoms with E-state index in [4.69, 9.17) is 9.47 Å². The quantitative estimate of drug-likeness (QED) is 0.380. The predicted octanol–water partition coefficient (Wildman–Crippen LogP) is 5.45. The maximum absolute atomic E-state index is 12.8. The first kappa shape index (κ1) is 25.4. The highest BCUT2D eigenvalue weighted by atomic mass is 79.9. The van der Waals surface area contributed by atoms with Gasteiger partial charge in [-0.05, 0) is 85.1 Å². The van der Waals surface area contributed by atoms with Gasteiger partial charge in [-0.1, -0.05) is 28.1 Å². The van der Waals surface area contributed by atoms with Gasteiger partial charge in [0.1, 0.15) is 18.9 Å². The van der Waals surface area contributed by atoms with Gasteiger partial charge in [0.2, 0.25) is 5.91 Å². The van der Waals surface area contributed by atoms with E-state index in [0.717, 1.165) is 26.7 Å². The van der Waals surface area contributed by atoms with Gasteiger partial charge in [-0.3, -0.25) is 19.3 Å². The molecule has 7 nitrogen and oxygen atoms in total. The number of ether oxygens (including phenoxy) is 2. The van der Waals surface area contributed by atoms with Gasteiger partial charge in [-0.25, -0.2) is 0 Å². The van der Waals surface area contributed by atoms with Crippen LogP contribution in [0, 0.1) is 0 Å². The number of halogens is 3. The minimum absolute atomic E-state index is 0.260. The number of hydrogen-bond acceptors (Lipinski definition) is 6. The summed E-state index contributed by atoms with van der Waals surface area (Å²) >= 11 is 11.3. The molecule has 11 heteroatoms. The molecule has 0 unspecified atom stereocenters. The fourth-order valence-electron chi connectivity index (χ4n) is 3.37. The lowest BCUT2D eigenvalue weighted by Gasteiger charge is -2.28. The normalized spacial score (nSPS) is 17.6. The van der Waals surface area contributed by atoms with Gasteiger partial charge < -0.3 is 14.4 Å². The summed E-state index contributed by atoms with van der Waals surface area (Å²) < 4.78 is 13.6. The number of imide groups is 1.